The number of carbonyl (C=O) groups is 1. The molecule has 122 valence electrons. The summed E-state index contributed by atoms with van der Waals surface area (Å²) in [6, 6.07) is 6.17. The van der Waals surface area contributed by atoms with E-state index in [1.807, 2.05) is 19.1 Å². The lowest BCUT2D eigenvalue weighted by Crippen LogP contribution is -2.50. The molecule has 1 fully saturated rings. The molecule has 0 saturated carbocycles. The number of aryl methyl sites for hydroxylation is 1. The number of piperidine rings is 1. The maximum atomic E-state index is 13.1. The molecule has 0 unspecified atom stereocenters. The zero-order valence-corrected chi connectivity index (χ0v) is 13.7. The Morgan fingerprint density at radius 2 is 2.13 bits per heavy atom. The first kappa shape index (κ1) is 15.9. The highest BCUT2D eigenvalue weighted by molar-refractivity contribution is 7.89. The standard InChI is InChI=1S/C16H19N3O3S/c1-11-9-12-5-4-7-14(15(12)18-10-11)23(21,22)19-8-3-2-6-13(19)16(17)20/h4-5,7,9-10,13H,2-3,6,8H2,1H3,(H2,17,20)/t13-/m0/s1. The Labute approximate surface area is 135 Å². The largest absolute Gasteiger partial charge is 0.368 e. The minimum Gasteiger partial charge on any atom is -0.368 e. The molecule has 0 radical (unpaired) electrons. The quantitative estimate of drug-likeness (QED) is 0.922. The zero-order valence-electron chi connectivity index (χ0n) is 12.9. The van der Waals surface area contributed by atoms with Crippen molar-refractivity contribution in [1.29, 1.82) is 0 Å². The number of rotatable bonds is 3. The molecule has 23 heavy (non-hydrogen) atoms. The molecular weight excluding hydrogens is 314 g/mol. The fraction of sp³-hybridized carbons (Fsp3) is 0.375. The second kappa shape index (κ2) is 5.90. The molecule has 1 aromatic heterocycles. The van der Waals surface area contributed by atoms with E-state index in [0.717, 1.165) is 23.8 Å². The van der Waals surface area contributed by atoms with Crippen LogP contribution < -0.4 is 5.73 Å². The van der Waals surface area contributed by atoms with Gasteiger partial charge in [-0.3, -0.25) is 9.78 Å². The number of nitrogens with zero attached hydrogens (tertiary/aromatic N) is 2. The fourth-order valence-corrected chi connectivity index (χ4v) is 4.89. The van der Waals surface area contributed by atoms with Gasteiger partial charge in [-0.1, -0.05) is 18.6 Å². The van der Waals surface area contributed by atoms with Crippen molar-refractivity contribution >= 4 is 26.8 Å². The monoisotopic (exact) mass is 333 g/mol. The molecule has 1 atom stereocenters. The summed E-state index contributed by atoms with van der Waals surface area (Å²) < 4.78 is 27.4. The number of hydrogen-bond donors (Lipinski definition) is 1. The van der Waals surface area contributed by atoms with Gasteiger partial charge in [0.25, 0.3) is 0 Å². The number of nitrogens with two attached hydrogens (primary N) is 1. The van der Waals surface area contributed by atoms with Gasteiger partial charge in [0.2, 0.25) is 15.9 Å². The number of benzene rings is 1. The highest BCUT2D eigenvalue weighted by Crippen LogP contribution is 2.29. The summed E-state index contributed by atoms with van der Waals surface area (Å²) in [7, 11) is -3.83. The highest BCUT2D eigenvalue weighted by Gasteiger charge is 2.37. The molecule has 1 aromatic carbocycles. The van der Waals surface area contributed by atoms with Crippen LogP contribution in [-0.2, 0) is 14.8 Å². The van der Waals surface area contributed by atoms with Crippen LogP contribution in [0.4, 0.5) is 0 Å². The van der Waals surface area contributed by atoms with Crippen LogP contribution in [0.1, 0.15) is 24.8 Å². The minimum atomic E-state index is -3.83. The van der Waals surface area contributed by atoms with Gasteiger partial charge in [0.15, 0.2) is 0 Å². The predicted molar refractivity (Wildman–Crippen MR) is 87.2 cm³/mol. The van der Waals surface area contributed by atoms with Gasteiger partial charge in [0.1, 0.15) is 10.9 Å². The second-order valence-electron chi connectivity index (χ2n) is 5.87. The van der Waals surface area contributed by atoms with Gasteiger partial charge in [-0.15, -0.1) is 0 Å². The van der Waals surface area contributed by atoms with E-state index in [9.17, 15) is 13.2 Å². The van der Waals surface area contributed by atoms with Gasteiger partial charge >= 0.3 is 0 Å². The van der Waals surface area contributed by atoms with E-state index >= 15 is 0 Å². The molecule has 2 heterocycles. The number of carbonyl (C=O) groups excluding carboxylic acids is 1. The number of hydrogen-bond acceptors (Lipinski definition) is 4. The van der Waals surface area contributed by atoms with Gasteiger partial charge in [-0.25, -0.2) is 8.42 Å². The maximum Gasteiger partial charge on any atom is 0.245 e. The van der Waals surface area contributed by atoms with Crippen LogP contribution in [0.25, 0.3) is 10.9 Å². The Bertz CT molecular complexity index is 864. The van der Waals surface area contributed by atoms with Gasteiger partial charge in [-0.2, -0.15) is 4.31 Å². The van der Waals surface area contributed by atoms with Crippen molar-refractivity contribution in [3.63, 3.8) is 0 Å². The van der Waals surface area contributed by atoms with E-state index in [1.54, 1.807) is 12.3 Å². The zero-order chi connectivity index (χ0) is 16.6. The molecule has 1 amide bonds. The van der Waals surface area contributed by atoms with E-state index in [4.69, 9.17) is 5.73 Å². The molecule has 7 heteroatoms. The molecule has 3 rings (SSSR count). The minimum absolute atomic E-state index is 0.128. The fourth-order valence-electron chi connectivity index (χ4n) is 3.05. The Morgan fingerprint density at radius 3 is 2.87 bits per heavy atom. The van der Waals surface area contributed by atoms with Crippen molar-refractivity contribution in [2.24, 2.45) is 5.73 Å². The molecule has 0 bridgehead atoms. The smallest absolute Gasteiger partial charge is 0.245 e. The SMILES string of the molecule is Cc1cnc2c(S(=O)(=O)N3CCCC[C@H]3C(N)=O)cccc2c1. The highest BCUT2D eigenvalue weighted by atomic mass is 32.2. The third kappa shape index (κ3) is 2.82. The van der Waals surface area contributed by atoms with E-state index in [1.165, 1.54) is 10.4 Å². The lowest BCUT2D eigenvalue weighted by Gasteiger charge is -2.32. The predicted octanol–water partition coefficient (Wildman–Crippen LogP) is 1.57. The first-order valence-corrected chi connectivity index (χ1v) is 9.02. The third-order valence-electron chi connectivity index (χ3n) is 4.18. The van der Waals surface area contributed by atoms with Crippen molar-refractivity contribution in [3.05, 3.63) is 36.0 Å². The van der Waals surface area contributed by atoms with Crippen LogP contribution >= 0.6 is 0 Å². The van der Waals surface area contributed by atoms with Crippen molar-refractivity contribution in [2.45, 2.75) is 37.1 Å². The number of sulfonamides is 1. The van der Waals surface area contributed by atoms with Crippen molar-refractivity contribution < 1.29 is 13.2 Å². The first-order chi connectivity index (χ1) is 10.9. The molecule has 1 aliphatic heterocycles. The molecule has 2 aromatic rings. The van der Waals surface area contributed by atoms with Gasteiger partial charge in [0, 0.05) is 18.1 Å². The third-order valence-corrected chi connectivity index (χ3v) is 6.12. The molecular formula is C16H19N3O3S. The molecule has 0 spiro atoms. The number of para-hydroxylation sites is 1. The maximum absolute atomic E-state index is 13.1. The Balaban J connectivity index is 2.14. The summed E-state index contributed by atoms with van der Waals surface area (Å²) in [4.78, 5) is 16.1. The van der Waals surface area contributed by atoms with Crippen molar-refractivity contribution in [1.82, 2.24) is 9.29 Å². The van der Waals surface area contributed by atoms with Crippen LogP contribution in [0.3, 0.4) is 0 Å². The van der Waals surface area contributed by atoms with Crippen LogP contribution in [0.5, 0.6) is 0 Å². The molecule has 0 aliphatic carbocycles. The van der Waals surface area contributed by atoms with Gasteiger partial charge in [-0.05, 0) is 37.5 Å². The normalized spacial score (nSPS) is 19.8. The Hall–Kier alpha value is -1.99. The summed E-state index contributed by atoms with van der Waals surface area (Å²) in [5.74, 6) is -0.600. The first-order valence-electron chi connectivity index (χ1n) is 7.58. The topological polar surface area (TPSA) is 93.4 Å². The van der Waals surface area contributed by atoms with E-state index in [0.29, 0.717) is 18.5 Å². The number of amides is 1. The Kier molecular flexibility index (Phi) is 4.08. The molecule has 6 nitrogen and oxygen atoms in total. The number of pyridine rings is 1. The lowest BCUT2D eigenvalue weighted by molar-refractivity contribution is -0.122. The van der Waals surface area contributed by atoms with Gasteiger partial charge in [0.05, 0.1) is 5.52 Å². The summed E-state index contributed by atoms with van der Waals surface area (Å²) in [5, 5.41) is 0.763. The van der Waals surface area contributed by atoms with E-state index in [2.05, 4.69) is 4.98 Å². The lowest BCUT2D eigenvalue weighted by atomic mass is 10.0. The van der Waals surface area contributed by atoms with Crippen LogP contribution in [0.2, 0.25) is 0 Å². The Morgan fingerprint density at radius 1 is 1.35 bits per heavy atom. The van der Waals surface area contributed by atoms with Crippen molar-refractivity contribution in [3.8, 4) is 0 Å². The van der Waals surface area contributed by atoms with E-state index in [-0.39, 0.29) is 4.90 Å². The number of primary amides is 1. The van der Waals surface area contributed by atoms with Gasteiger partial charge < -0.3 is 5.73 Å². The molecule has 1 aliphatic rings. The van der Waals surface area contributed by atoms with E-state index < -0.39 is 22.0 Å². The second-order valence-corrected chi connectivity index (χ2v) is 7.73. The van der Waals surface area contributed by atoms with Crippen LogP contribution in [-0.4, -0.2) is 36.2 Å². The summed E-state index contributed by atoms with van der Waals surface area (Å²) >= 11 is 0. The average molecular weight is 333 g/mol. The van der Waals surface area contributed by atoms with Crippen LogP contribution in [0.15, 0.2) is 35.4 Å². The summed E-state index contributed by atoms with van der Waals surface area (Å²) in [6.07, 6.45) is 3.63. The average Bonchev–Trinajstić information content (AvgIpc) is 2.53. The molecule has 2 N–H and O–H groups in total. The summed E-state index contributed by atoms with van der Waals surface area (Å²) in [6.45, 7) is 2.21. The summed E-state index contributed by atoms with van der Waals surface area (Å²) in [5.41, 5.74) is 6.79. The van der Waals surface area contributed by atoms with Crippen molar-refractivity contribution in [2.75, 3.05) is 6.54 Å². The number of fused-ring (bicyclic) bond motifs is 1. The van der Waals surface area contributed by atoms with Crippen LogP contribution in [0, 0.1) is 6.92 Å². The number of aromatic nitrogens is 1. The molecule has 1 saturated heterocycles.